The number of aliphatic hydroxyl groups is 1. The summed E-state index contributed by atoms with van der Waals surface area (Å²) in [6.07, 6.45) is 5.51. The standard InChI is InChI=1S/C16H19NO/c1-2-13-5-7-15(8-6-13)16(12-18)10-14-4-3-9-17-11-14/h3-9,11,16,18H,2,10,12H2,1H3. The van der Waals surface area contributed by atoms with E-state index < -0.39 is 0 Å². The SMILES string of the molecule is CCc1ccc(C(CO)Cc2cccnc2)cc1. The maximum atomic E-state index is 9.55. The third kappa shape index (κ3) is 3.17. The molecule has 1 aromatic carbocycles. The Kier molecular flexibility index (Phi) is 4.48. The number of nitrogens with zero attached hydrogens (tertiary/aromatic N) is 1. The molecule has 0 spiro atoms. The van der Waals surface area contributed by atoms with E-state index in [-0.39, 0.29) is 12.5 Å². The molecule has 2 rings (SSSR count). The van der Waals surface area contributed by atoms with E-state index in [0.29, 0.717) is 0 Å². The number of rotatable bonds is 5. The summed E-state index contributed by atoms with van der Waals surface area (Å²) in [4.78, 5) is 4.11. The molecular formula is C16H19NO. The fourth-order valence-corrected chi connectivity index (χ4v) is 2.12. The lowest BCUT2D eigenvalue weighted by molar-refractivity contribution is 0.264. The number of pyridine rings is 1. The van der Waals surface area contributed by atoms with Gasteiger partial charge in [-0.2, -0.15) is 0 Å². The molecule has 0 radical (unpaired) electrons. The third-order valence-electron chi connectivity index (χ3n) is 3.28. The first-order valence-electron chi connectivity index (χ1n) is 6.42. The molecule has 1 atom stereocenters. The van der Waals surface area contributed by atoms with Crippen molar-refractivity contribution in [3.05, 3.63) is 65.5 Å². The number of benzene rings is 1. The zero-order valence-electron chi connectivity index (χ0n) is 10.7. The lowest BCUT2D eigenvalue weighted by atomic mass is 9.92. The lowest BCUT2D eigenvalue weighted by Gasteiger charge is -2.15. The molecule has 1 unspecified atom stereocenters. The van der Waals surface area contributed by atoms with Gasteiger partial charge in [-0.3, -0.25) is 4.98 Å². The van der Waals surface area contributed by atoms with Crippen LogP contribution in [0.3, 0.4) is 0 Å². The zero-order valence-corrected chi connectivity index (χ0v) is 10.7. The van der Waals surface area contributed by atoms with E-state index in [1.807, 2.05) is 12.3 Å². The molecule has 2 aromatic rings. The first kappa shape index (κ1) is 12.8. The van der Waals surface area contributed by atoms with Gasteiger partial charge in [0.05, 0.1) is 6.61 Å². The first-order valence-corrected chi connectivity index (χ1v) is 6.42. The lowest BCUT2D eigenvalue weighted by Crippen LogP contribution is -2.08. The number of aromatic nitrogens is 1. The highest BCUT2D eigenvalue weighted by Crippen LogP contribution is 2.20. The van der Waals surface area contributed by atoms with Crippen LogP contribution in [-0.2, 0) is 12.8 Å². The van der Waals surface area contributed by atoms with Crippen molar-refractivity contribution >= 4 is 0 Å². The molecule has 1 aromatic heterocycles. The smallest absolute Gasteiger partial charge is 0.0502 e. The van der Waals surface area contributed by atoms with Gasteiger partial charge in [-0.05, 0) is 35.6 Å². The minimum absolute atomic E-state index is 0.153. The molecule has 94 valence electrons. The highest BCUT2D eigenvalue weighted by molar-refractivity contribution is 5.27. The molecule has 0 amide bonds. The van der Waals surface area contributed by atoms with E-state index >= 15 is 0 Å². The second-order valence-electron chi connectivity index (χ2n) is 4.54. The molecule has 2 heteroatoms. The van der Waals surface area contributed by atoms with E-state index in [9.17, 15) is 5.11 Å². The van der Waals surface area contributed by atoms with Gasteiger partial charge in [0.25, 0.3) is 0 Å². The predicted molar refractivity (Wildman–Crippen MR) is 73.6 cm³/mol. The van der Waals surface area contributed by atoms with Crippen LogP contribution in [0.2, 0.25) is 0 Å². The van der Waals surface area contributed by atoms with Gasteiger partial charge in [0.1, 0.15) is 0 Å². The van der Waals surface area contributed by atoms with Crippen LogP contribution >= 0.6 is 0 Å². The van der Waals surface area contributed by atoms with E-state index in [0.717, 1.165) is 18.4 Å². The van der Waals surface area contributed by atoms with Gasteiger partial charge < -0.3 is 5.11 Å². The van der Waals surface area contributed by atoms with Gasteiger partial charge >= 0.3 is 0 Å². The van der Waals surface area contributed by atoms with E-state index in [1.165, 1.54) is 11.1 Å². The average Bonchev–Trinajstić information content (AvgIpc) is 2.46. The molecule has 0 fully saturated rings. The number of aliphatic hydroxyl groups excluding tert-OH is 1. The van der Waals surface area contributed by atoms with Crippen LogP contribution in [0.4, 0.5) is 0 Å². The Labute approximate surface area is 108 Å². The van der Waals surface area contributed by atoms with Gasteiger partial charge in [-0.25, -0.2) is 0 Å². The Morgan fingerprint density at radius 3 is 2.44 bits per heavy atom. The second kappa shape index (κ2) is 6.31. The summed E-state index contributed by atoms with van der Waals surface area (Å²) in [5.41, 5.74) is 3.69. The van der Waals surface area contributed by atoms with Crippen LogP contribution in [0.5, 0.6) is 0 Å². The molecule has 0 aliphatic carbocycles. The predicted octanol–water partition coefficient (Wildman–Crippen LogP) is 2.96. The Hall–Kier alpha value is -1.67. The summed E-state index contributed by atoms with van der Waals surface area (Å²) in [5.74, 6) is 0.153. The Bertz CT molecular complexity index is 464. The molecule has 0 bridgehead atoms. The van der Waals surface area contributed by atoms with Crippen molar-refractivity contribution in [2.24, 2.45) is 0 Å². The topological polar surface area (TPSA) is 33.1 Å². The quantitative estimate of drug-likeness (QED) is 0.873. The molecular weight excluding hydrogens is 222 g/mol. The second-order valence-corrected chi connectivity index (χ2v) is 4.54. The van der Waals surface area contributed by atoms with Crippen LogP contribution in [0.25, 0.3) is 0 Å². The van der Waals surface area contributed by atoms with Crippen LogP contribution in [0.1, 0.15) is 29.5 Å². The van der Waals surface area contributed by atoms with Gasteiger partial charge in [0.15, 0.2) is 0 Å². The normalized spacial score (nSPS) is 12.3. The van der Waals surface area contributed by atoms with Crippen LogP contribution in [-0.4, -0.2) is 16.7 Å². The monoisotopic (exact) mass is 241 g/mol. The summed E-state index contributed by atoms with van der Waals surface area (Å²) in [6.45, 7) is 2.31. The van der Waals surface area contributed by atoms with Crippen molar-refractivity contribution in [3.63, 3.8) is 0 Å². The maximum Gasteiger partial charge on any atom is 0.0502 e. The van der Waals surface area contributed by atoms with E-state index in [2.05, 4.69) is 42.2 Å². The van der Waals surface area contributed by atoms with E-state index in [1.54, 1.807) is 6.20 Å². The number of aryl methyl sites for hydroxylation is 1. The summed E-state index contributed by atoms with van der Waals surface area (Å²) in [5, 5.41) is 9.55. The fourth-order valence-electron chi connectivity index (χ4n) is 2.12. The minimum Gasteiger partial charge on any atom is -0.396 e. The highest BCUT2D eigenvalue weighted by atomic mass is 16.3. The summed E-state index contributed by atoms with van der Waals surface area (Å²) in [7, 11) is 0. The van der Waals surface area contributed by atoms with Crippen molar-refractivity contribution in [1.29, 1.82) is 0 Å². The Balaban J connectivity index is 2.12. The molecule has 1 N–H and O–H groups in total. The molecule has 18 heavy (non-hydrogen) atoms. The molecule has 2 nitrogen and oxygen atoms in total. The fraction of sp³-hybridized carbons (Fsp3) is 0.312. The van der Waals surface area contributed by atoms with Crippen LogP contribution in [0.15, 0.2) is 48.8 Å². The highest BCUT2D eigenvalue weighted by Gasteiger charge is 2.11. The van der Waals surface area contributed by atoms with E-state index in [4.69, 9.17) is 0 Å². The minimum atomic E-state index is 0.153. The molecule has 0 saturated carbocycles. The van der Waals surface area contributed by atoms with Crippen LogP contribution in [0, 0.1) is 0 Å². The van der Waals surface area contributed by atoms with Crippen molar-refractivity contribution in [2.45, 2.75) is 25.7 Å². The van der Waals surface area contributed by atoms with Crippen molar-refractivity contribution in [2.75, 3.05) is 6.61 Å². The number of hydrogen-bond acceptors (Lipinski definition) is 2. The largest absolute Gasteiger partial charge is 0.396 e. The molecule has 0 aliphatic rings. The zero-order chi connectivity index (χ0) is 12.8. The van der Waals surface area contributed by atoms with Gasteiger partial charge in [-0.15, -0.1) is 0 Å². The van der Waals surface area contributed by atoms with Crippen molar-refractivity contribution in [3.8, 4) is 0 Å². The molecule has 1 heterocycles. The summed E-state index contributed by atoms with van der Waals surface area (Å²) < 4.78 is 0. The molecule has 0 saturated heterocycles. The third-order valence-corrected chi connectivity index (χ3v) is 3.28. The maximum absolute atomic E-state index is 9.55. The van der Waals surface area contributed by atoms with Gasteiger partial charge in [-0.1, -0.05) is 37.3 Å². The average molecular weight is 241 g/mol. The number of hydrogen-bond donors (Lipinski definition) is 1. The van der Waals surface area contributed by atoms with Crippen LogP contribution < -0.4 is 0 Å². The Morgan fingerprint density at radius 2 is 1.89 bits per heavy atom. The van der Waals surface area contributed by atoms with Crippen molar-refractivity contribution in [1.82, 2.24) is 4.98 Å². The molecule has 0 aliphatic heterocycles. The van der Waals surface area contributed by atoms with Gasteiger partial charge in [0.2, 0.25) is 0 Å². The first-order chi connectivity index (χ1) is 8.83. The summed E-state index contributed by atoms with van der Waals surface area (Å²) in [6, 6.07) is 12.5. The Morgan fingerprint density at radius 1 is 1.11 bits per heavy atom. The van der Waals surface area contributed by atoms with Crippen molar-refractivity contribution < 1.29 is 5.11 Å². The summed E-state index contributed by atoms with van der Waals surface area (Å²) >= 11 is 0. The van der Waals surface area contributed by atoms with Gasteiger partial charge in [0, 0.05) is 18.3 Å².